The van der Waals surface area contributed by atoms with E-state index in [9.17, 15) is 10.1 Å². The van der Waals surface area contributed by atoms with Crippen LogP contribution in [0, 0.1) is 10.1 Å². The van der Waals surface area contributed by atoms with Crippen LogP contribution in [0.25, 0.3) is 21.3 Å². The fourth-order valence-electron chi connectivity index (χ4n) is 1.86. The van der Waals surface area contributed by atoms with Crippen molar-refractivity contribution in [2.24, 2.45) is 0 Å². The molecule has 0 unspecified atom stereocenters. The average Bonchev–Trinajstić information content (AvgIpc) is 2.82. The van der Waals surface area contributed by atoms with Crippen LogP contribution in [0.1, 0.15) is 0 Å². The second-order valence-electron chi connectivity index (χ2n) is 3.80. The van der Waals surface area contributed by atoms with Crippen LogP contribution in [-0.4, -0.2) is 9.91 Å². The summed E-state index contributed by atoms with van der Waals surface area (Å²) in [6, 6.07) is 10.9. The van der Waals surface area contributed by atoms with E-state index in [0.717, 1.165) is 15.6 Å². The second-order valence-corrected chi connectivity index (χ2v) is 4.71. The number of nitrogens with zero attached hydrogens (tertiary/aromatic N) is 2. The number of hydrogen-bond donors (Lipinski definition) is 0. The molecule has 0 aliphatic rings. The summed E-state index contributed by atoms with van der Waals surface area (Å²) < 4.78 is 1.15. The lowest BCUT2D eigenvalue weighted by Gasteiger charge is -1.98. The molecule has 0 atom stereocenters. The van der Waals surface area contributed by atoms with E-state index in [4.69, 9.17) is 0 Å². The number of nitro groups is 1. The molecule has 2 heterocycles. The number of pyridine rings is 1. The standard InChI is InChI=1S/C13H8N2O2S/c16-15(17)9-5-6-14-12(7-9)11-8-18-13-4-2-1-3-10(11)13/h1-8H. The van der Waals surface area contributed by atoms with Crippen molar-refractivity contribution in [3.63, 3.8) is 0 Å². The molecule has 0 saturated heterocycles. The molecule has 0 N–H and O–H groups in total. The minimum absolute atomic E-state index is 0.0651. The molecule has 3 rings (SSSR count). The largest absolute Gasteiger partial charge is 0.273 e. The average molecular weight is 256 g/mol. The molecular formula is C13H8N2O2S. The van der Waals surface area contributed by atoms with E-state index in [1.165, 1.54) is 18.3 Å². The van der Waals surface area contributed by atoms with Gasteiger partial charge in [0.1, 0.15) is 0 Å². The highest BCUT2D eigenvalue weighted by atomic mass is 32.1. The summed E-state index contributed by atoms with van der Waals surface area (Å²) in [5.74, 6) is 0. The normalized spacial score (nSPS) is 10.7. The van der Waals surface area contributed by atoms with E-state index in [-0.39, 0.29) is 5.69 Å². The maximum absolute atomic E-state index is 10.8. The SMILES string of the molecule is O=[N+]([O-])c1ccnc(-c2csc3ccccc23)c1. The fraction of sp³-hybridized carbons (Fsp3) is 0. The zero-order chi connectivity index (χ0) is 12.5. The summed E-state index contributed by atoms with van der Waals surface area (Å²) in [4.78, 5) is 14.6. The highest BCUT2D eigenvalue weighted by Crippen LogP contribution is 2.33. The smallest absolute Gasteiger partial charge is 0.258 e. The van der Waals surface area contributed by atoms with Gasteiger partial charge in [-0.2, -0.15) is 0 Å². The van der Waals surface area contributed by atoms with Crippen molar-refractivity contribution < 1.29 is 4.92 Å². The van der Waals surface area contributed by atoms with Gasteiger partial charge in [0.2, 0.25) is 0 Å². The quantitative estimate of drug-likeness (QED) is 0.516. The van der Waals surface area contributed by atoms with Crippen LogP contribution in [0.4, 0.5) is 5.69 Å². The van der Waals surface area contributed by atoms with E-state index in [2.05, 4.69) is 4.98 Å². The zero-order valence-electron chi connectivity index (χ0n) is 9.24. The molecule has 4 nitrogen and oxygen atoms in total. The van der Waals surface area contributed by atoms with Crippen LogP contribution in [0.15, 0.2) is 48.0 Å². The van der Waals surface area contributed by atoms with Crippen LogP contribution in [0.5, 0.6) is 0 Å². The zero-order valence-corrected chi connectivity index (χ0v) is 10.1. The Labute approximate surface area is 107 Å². The second kappa shape index (κ2) is 4.19. The van der Waals surface area contributed by atoms with E-state index in [1.807, 2.05) is 29.6 Å². The monoisotopic (exact) mass is 256 g/mol. The lowest BCUT2D eigenvalue weighted by atomic mass is 10.1. The molecule has 18 heavy (non-hydrogen) atoms. The summed E-state index contributed by atoms with van der Waals surface area (Å²) in [5, 5.41) is 13.8. The molecular weight excluding hydrogens is 248 g/mol. The lowest BCUT2D eigenvalue weighted by molar-refractivity contribution is -0.384. The van der Waals surface area contributed by atoms with Crippen LogP contribution in [0.3, 0.4) is 0 Å². The Morgan fingerprint density at radius 2 is 2.06 bits per heavy atom. The molecule has 0 fully saturated rings. The van der Waals surface area contributed by atoms with Gasteiger partial charge in [-0.15, -0.1) is 11.3 Å². The Hall–Kier alpha value is -2.27. The van der Waals surface area contributed by atoms with Crippen LogP contribution in [0.2, 0.25) is 0 Å². The summed E-state index contributed by atoms with van der Waals surface area (Å²) in [6.45, 7) is 0. The van der Waals surface area contributed by atoms with Gasteiger partial charge in [0.05, 0.1) is 10.6 Å². The molecule has 88 valence electrons. The van der Waals surface area contributed by atoms with E-state index in [1.54, 1.807) is 11.3 Å². The number of hydrogen-bond acceptors (Lipinski definition) is 4. The van der Waals surface area contributed by atoms with Gasteiger partial charge in [0, 0.05) is 39.4 Å². The first-order valence-corrected chi connectivity index (χ1v) is 6.21. The van der Waals surface area contributed by atoms with Gasteiger partial charge in [0.15, 0.2) is 0 Å². The molecule has 0 aliphatic carbocycles. The third kappa shape index (κ3) is 1.74. The molecule has 0 aliphatic heterocycles. The van der Waals surface area contributed by atoms with Crippen molar-refractivity contribution in [2.75, 3.05) is 0 Å². The van der Waals surface area contributed by atoms with Crippen molar-refractivity contribution in [3.05, 3.63) is 58.1 Å². The molecule has 5 heteroatoms. The van der Waals surface area contributed by atoms with Gasteiger partial charge in [-0.1, -0.05) is 18.2 Å². The molecule has 0 amide bonds. The Kier molecular flexibility index (Phi) is 2.53. The fourth-order valence-corrected chi connectivity index (χ4v) is 2.81. The summed E-state index contributed by atoms with van der Waals surface area (Å²) in [5.41, 5.74) is 1.65. The number of aromatic nitrogens is 1. The molecule has 2 aromatic heterocycles. The first kappa shape index (κ1) is 10.9. The van der Waals surface area contributed by atoms with Gasteiger partial charge in [0.25, 0.3) is 5.69 Å². The highest BCUT2D eigenvalue weighted by molar-refractivity contribution is 7.17. The first-order valence-electron chi connectivity index (χ1n) is 5.33. The maximum Gasteiger partial charge on any atom is 0.273 e. The molecule has 0 radical (unpaired) electrons. The number of rotatable bonds is 2. The topological polar surface area (TPSA) is 56.0 Å². The van der Waals surface area contributed by atoms with Gasteiger partial charge >= 0.3 is 0 Å². The Morgan fingerprint density at radius 1 is 1.22 bits per heavy atom. The van der Waals surface area contributed by atoms with E-state index in [0.29, 0.717) is 5.69 Å². The number of fused-ring (bicyclic) bond motifs is 1. The molecule has 0 bridgehead atoms. The third-order valence-electron chi connectivity index (χ3n) is 2.71. The summed E-state index contributed by atoms with van der Waals surface area (Å²) >= 11 is 1.61. The lowest BCUT2D eigenvalue weighted by Crippen LogP contribution is -1.89. The molecule has 0 spiro atoms. The Balaban J connectivity index is 2.20. The van der Waals surface area contributed by atoms with E-state index < -0.39 is 4.92 Å². The van der Waals surface area contributed by atoms with Crippen LogP contribution in [-0.2, 0) is 0 Å². The third-order valence-corrected chi connectivity index (χ3v) is 3.67. The highest BCUT2D eigenvalue weighted by Gasteiger charge is 2.11. The van der Waals surface area contributed by atoms with Crippen molar-refractivity contribution >= 4 is 27.1 Å². The summed E-state index contributed by atoms with van der Waals surface area (Å²) in [6.07, 6.45) is 1.47. The molecule has 3 aromatic rings. The van der Waals surface area contributed by atoms with Gasteiger partial charge in [-0.3, -0.25) is 15.1 Å². The minimum atomic E-state index is -0.403. The molecule has 0 saturated carbocycles. The Morgan fingerprint density at radius 3 is 2.89 bits per heavy atom. The van der Waals surface area contributed by atoms with Crippen LogP contribution < -0.4 is 0 Å². The minimum Gasteiger partial charge on any atom is -0.258 e. The van der Waals surface area contributed by atoms with Crippen molar-refractivity contribution in [1.82, 2.24) is 4.98 Å². The molecule has 1 aromatic carbocycles. The van der Waals surface area contributed by atoms with E-state index >= 15 is 0 Å². The predicted molar refractivity (Wildman–Crippen MR) is 71.7 cm³/mol. The Bertz CT molecular complexity index is 736. The summed E-state index contributed by atoms with van der Waals surface area (Å²) in [7, 11) is 0. The van der Waals surface area contributed by atoms with Crippen molar-refractivity contribution in [2.45, 2.75) is 0 Å². The van der Waals surface area contributed by atoms with Gasteiger partial charge in [-0.05, 0) is 6.07 Å². The number of benzene rings is 1. The first-order chi connectivity index (χ1) is 8.75. The van der Waals surface area contributed by atoms with Gasteiger partial charge < -0.3 is 0 Å². The van der Waals surface area contributed by atoms with Crippen molar-refractivity contribution in [1.29, 1.82) is 0 Å². The predicted octanol–water partition coefficient (Wildman–Crippen LogP) is 3.87. The maximum atomic E-state index is 10.8. The van der Waals surface area contributed by atoms with Crippen molar-refractivity contribution in [3.8, 4) is 11.3 Å². The number of thiophene rings is 1. The van der Waals surface area contributed by atoms with Gasteiger partial charge in [-0.25, -0.2) is 0 Å². The van der Waals surface area contributed by atoms with Crippen LogP contribution >= 0.6 is 11.3 Å².